The molecule has 1 aromatic rings. The Bertz CT molecular complexity index is 427. The lowest BCUT2D eigenvalue weighted by atomic mass is 9.82. The van der Waals surface area contributed by atoms with Gasteiger partial charge in [0, 0.05) is 25.6 Å². The van der Waals surface area contributed by atoms with Gasteiger partial charge < -0.3 is 5.32 Å². The van der Waals surface area contributed by atoms with E-state index in [4.69, 9.17) is 0 Å². The summed E-state index contributed by atoms with van der Waals surface area (Å²) in [6.45, 7) is 6.64. The van der Waals surface area contributed by atoms with Crippen molar-refractivity contribution in [1.29, 1.82) is 0 Å². The van der Waals surface area contributed by atoms with E-state index in [0.717, 1.165) is 19.0 Å². The first-order valence-electron chi connectivity index (χ1n) is 8.27. The molecule has 2 fully saturated rings. The fourth-order valence-corrected chi connectivity index (χ4v) is 3.45. The molecule has 4 heteroatoms. The molecule has 0 aromatic carbocycles. The van der Waals surface area contributed by atoms with Gasteiger partial charge >= 0.3 is 0 Å². The summed E-state index contributed by atoms with van der Waals surface area (Å²) in [5.74, 6) is 1.82. The zero-order valence-electron chi connectivity index (χ0n) is 12.9. The normalized spacial score (nSPS) is 21.8. The van der Waals surface area contributed by atoms with Crippen LogP contribution in [-0.4, -0.2) is 27.4 Å². The summed E-state index contributed by atoms with van der Waals surface area (Å²) in [6.07, 6.45) is 11.0. The van der Waals surface area contributed by atoms with Gasteiger partial charge in [0.15, 0.2) is 0 Å². The molecule has 0 saturated heterocycles. The molecular weight excluding hydrogens is 248 g/mol. The zero-order valence-corrected chi connectivity index (χ0v) is 12.9. The smallest absolute Gasteiger partial charge is 0.138 e. The summed E-state index contributed by atoms with van der Waals surface area (Å²) in [5, 5.41) is 8.18. The van der Waals surface area contributed by atoms with E-state index in [1.54, 1.807) is 6.33 Å². The van der Waals surface area contributed by atoms with Crippen molar-refractivity contribution >= 4 is 0 Å². The van der Waals surface area contributed by atoms with Crippen LogP contribution in [0, 0.1) is 11.3 Å². The average molecular weight is 276 g/mol. The Kier molecular flexibility index (Phi) is 4.11. The molecular formula is C16H28N4. The molecule has 2 saturated carbocycles. The molecule has 2 aliphatic rings. The van der Waals surface area contributed by atoms with Crippen LogP contribution in [0.4, 0.5) is 0 Å². The van der Waals surface area contributed by atoms with Gasteiger partial charge in [0.05, 0.1) is 0 Å². The van der Waals surface area contributed by atoms with E-state index in [9.17, 15) is 0 Å². The van der Waals surface area contributed by atoms with Crippen molar-refractivity contribution in [3.63, 3.8) is 0 Å². The molecule has 0 spiro atoms. The highest BCUT2D eigenvalue weighted by Crippen LogP contribution is 2.40. The number of hydrogen-bond acceptors (Lipinski definition) is 3. The predicted octanol–water partition coefficient (Wildman–Crippen LogP) is 2.79. The van der Waals surface area contributed by atoms with Crippen molar-refractivity contribution < 1.29 is 0 Å². The molecule has 0 aliphatic heterocycles. The Morgan fingerprint density at radius 2 is 2.10 bits per heavy atom. The van der Waals surface area contributed by atoms with Gasteiger partial charge in [-0.05, 0) is 37.0 Å². The molecule has 1 N–H and O–H groups in total. The maximum Gasteiger partial charge on any atom is 0.138 e. The van der Waals surface area contributed by atoms with E-state index in [-0.39, 0.29) is 0 Å². The highest BCUT2D eigenvalue weighted by atomic mass is 15.3. The monoisotopic (exact) mass is 276 g/mol. The largest absolute Gasteiger partial charge is 0.313 e. The molecule has 4 nitrogen and oxygen atoms in total. The Morgan fingerprint density at radius 3 is 2.75 bits per heavy atom. The van der Waals surface area contributed by atoms with Gasteiger partial charge in [0.25, 0.3) is 0 Å². The molecule has 0 radical (unpaired) electrons. The number of rotatable bonds is 7. The lowest BCUT2D eigenvalue weighted by Crippen LogP contribution is -2.36. The molecule has 0 unspecified atom stereocenters. The van der Waals surface area contributed by atoms with Crippen LogP contribution in [-0.2, 0) is 13.0 Å². The van der Waals surface area contributed by atoms with Gasteiger partial charge in [-0.25, -0.2) is 9.67 Å². The van der Waals surface area contributed by atoms with Gasteiger partial charge in [-0.3, -0.25) is 0 Å². The highest BCUT2D eigenvalue weighted by molar-refractivity contribution is 4.99. The van der Waals surface area contributed by atoms with Crippen LogP contribution >= 0.6 is 0 Å². The lowest BCUT2D eigenvalue weighted by Gasteiger charge is -2.29. The van der Waals surface area contributed by atoms with Crippen molar-refractivity contribution in [2.75, 3.05) is 6.54 Å². The van der Waals surface area contributed by atoms with Crippen molar-refractivity contribution in [2.45, 2.75) is 71.4 Å². The zero-order chi connectivity index (χ0) is 14.0. The van der Waals surface area contributed by atoms with Crippen LogP contribution in [0.25, 0.3) is 0 Å². The van der Waals surface area contributed by atoms with Crippen molar-refractivity contribution in [3.05, 3.63) is 12.2 Å². The summed E-state index contributed by atoms with van der Waals surface area (Å²) < 4.78 is 2.13. The number of nitrogens with one attached hydrogen (secondary N) is 1. The van der Waals surface area contributed by atoms with Crippen molar-refractivity contribution in [3.8, 4) is 0 Å². The maximum atomic E-state index is 4.54. The standard InChI is InChI=1S/C16H28N4/c1-13(2)10-20-15(18-12-19-20)9-16(7-3-4-8-16)11-17-14-5-6-14/h12-14,17H,3-11H2,1-2H3. The number of nitrogens with zero attached hydrogens (tertiary/aromatic N) is 3. The van der Waals surface area contributed by atoms with Crippen LogP contribution in [0.3, 0.4) is 0 Å². The fourth-order valence-electron chi connectivity index (χ4n) is 3.45. The molecule has 3 rings (SSSR count). The molecule has 0 bridgehead atoms. The van der Waals surface area contributed by atoms with E-state index < -0.39 is 0 Å². The van der Waals surface area contributed by atoms with E-state index in [1.165, 1.54) is 50.9 Å². The average Bonchev–Trinajstić information content (AvgIpc) is 2.98. The fraction of sp³-hybridized carbons (Fsp3) is 0.875. The van der Waals surface area contributed by atoms with E-state index in [1.807, 2.05) is 0 Å². The lowest BCUT2D eigenvalue weighted by molar-refractivity contribution is 0.264. The molecule has 1 heterocycles. The highest BCUT2D eigenvalue weighted by Gasteiger charge is 2.36. The Balaban J connectivity index is 1.67. The minimum Gasteiger partial charge on any atom is -0.313 e. The van der Waals surface area contributed by atoms with Gasteiger partial charge in [0.1, 0.15) is 12.2 Å². The molecule has 0 atom stereocenters. The molecule has 1 aromatic heterocycles. The molecule has 2 aliphatic carbocycles. The van der Waals surface area contributed by atoms with E-state index in [2.05, 4.69) is 33.9 Å². The quantitative estimate of drug-likeness (QED) is 0.832. The van der Waals surface area contributed by atoms with Gasteiger partial charge in [-0.2, -0.15) is 5.10 Å². The predicted molar refractivity (Wildman–Crippen MR) is 80.5 cm³/mol. The minimum absolute atomic E-state index is 0.435. The van der Waals surface area contributed by atoms with E-state index >= 15 is 0 Å². The minimum atomic E-state index is 0.435. The van der Waals surface area contributed by atoms with Gasteiger partial charge in [0.2, 0.25) is 0 Å². The second-order valence-electron chi connectivity index (χ2n) is 7.29. The Hall–Kier alpha value is -0.900. The third-order valence-corrected chi connectivity index (χ3v) is 4.77. The maximum absolute atomic E-state index is 4.54. The topological polar surface area (TPSA) is 42.7 Å². The second kappa shape index (κ2) is 5.84. The van der Waals surface area contributed by atoms with Crippen LogP contribution < -0.4 is 5.32 Å². The van der Waals surface area contributed by atoms with Gasteiger partial charge in [-0.1, -0.05) is 26.7 Å². The van der Waals surface area contributed by atoms with Crippen LogP contribution in [0.15, 0.2) is 6.33 Å². The van der Waals surface area contributed by atoms with E-state index in [0.29, 0.717) is 11.3 Å². The molecule has 112 valence electrons. The van der Waals surface area contributed by atoms with Crippen molar-refractivity contribution in [1.82, 2.24) is 20.1 Å². The van der Waals surface area contributed by atoms with Gasteiger partial charge in [-0.15, -0.1) is 0 Å². The summed E-state index contributed by atoms with van der Waals surface area (Å²) in [5.41, 5.74) is 0.435. The third kappa shape index (κ3) is 3.40. The van der Waals surface area contributed by atoms with Crippen molar-refractivity contribution in [2.24, 2.45) is 11.3 Å². The summed E-state index contributed by atoms with van der Waals surface area (Å²) >= 11 is 0. The van der Waals surface area contributed by atoms with Crippen LogP contribution in [0.2, 0.25) is 0 Å². The second-order valence-corrected chi connectivity index (χ2v) is 7.29. The molecule has 0 amide bonds. The van der Waals surface area contributed by atoms with Crippen LogP contribution in [0.1, 0.15) is 58.2 Å². The number of hydrogen-bond donors (Lipinski definition) is 1. The third-order valence-electron chi connectivity index (χ3n) is 4.77. The molecule has 20 heavy (non-hydrogen) atoms. The first-order chi connectivity index (χ1) is 9.67. The first kappa shape index (κ1) is 14.1. The summed E-state index contributed by atoms with van der Waals surface area (Å²) in [6, 6.07) is 0.806. The van der Waals surface area contributed by atoms with Crippen LogP contribution in [0.5, 0.6) is 0 Å². The number of aromatic nitrogens is 3. The first-order valence-corrected chi connectivity index (χ1v) is 8.27. The Morgan fingerprint density at radius 1 is 1.35 bits per heavy atom. The summed E-state index contributed by atoms with van der Waals surface area (Å²) in [7, 11) is 0. The SMILES string of the molecule is CC(C)Cn1ncnc1CC1(CNC2CC2)CCCC1. The Labute approximate surface area is 122 Å². The summed E-state index contributed by atoms with van der Waals surface area (Å²) in [4.78, 5) is 4.54.